The number of benzene rings is 1. The zero-order valence-electron chi connectivity index (χ0n) is 7.20. The highest BCUT2D eigenvalue weighted by Gasteiger charge is 2.07. The fourth-order valence-corrected chi connectivity index (χ4v) is 2.34. The fraction of sp³-hybridized carbons (Fsp3) is 0.100. The monoisotopic (exact) mass is 191 g/mol. The van der Waals surface area contributed by atoms with E-state index < -0.39 is 0 Å². The van der Waals surface area contributed by atoms with Gasteiger partial charge in [0.05, 0.1) is 0 Å². The summed E-state index contributed by atoms with van der Waals surface area (Å²) in [6, 6.07) is 3.89. The van der Waals surface area contributed by atoms with Gasteiger partial charge < -0.3 is 5.73 Å². The Bertz CT molecular complexity index is 473. The number of rotatable bonds is 1. The molecule has 1 heterocycles. The number of nitrogens with two attached hydrogens (primary N) is 1. The van der Waals surface area contributed by atoms with Crippen LogP contribution in [0.3, 0.4) is 0 Å². The Kier molecular flexibility index (Phi) is 1.81. The van der Waals surface area contributed by atoms with Gasteiger partial charge in [-0.3, -0.25) is 4.79 Å². The van der Waals surface area contributed by atoms with E-state index in [1.54, 1.807) is 11.3 Å². The van der Waals surface area contributed by atoms with Crippen LogP contribution in [0.2, 0.25) is 0 Å². The van der Waals surface area contributed by atoms with Crippen LogP contribution in [0.25, 0.3) is 10.1 Å². The van der Waals surface area contributed by atoms with E-state index in [1.165, 1.54) is 0 Å². The largest absolute Gasteiger partial charge is 0.398 e. The van der Waals surface area contributed by atoms with E-state index in [9.17, 15) is 4.79 Å². The van der Waals surface area contributed by atoms with E-state index in [2.05, 4.69) is 0 Å². The molecule has 13 heavy (non-hydrogen) atoms. The molecule has 0 radical (unpaired) electrons. The number of anilines is 1. The van der Waals surface area contributed by atoms with E-state index in [4.69, 9.17) is 5.73 Å². The van der Waals surface area contributed by atoms with Crippen molar-refractivity contribution >= 4 is 33.4 Å². The van der Waals surface area contributed by atoms with Crippen molar-refractivity contribution in [3.63, 3.8) is 0 Å². The summed E-state index contributed by atoms with van der Waals surface area (Å²) in [4.78, 5) is 10.8. The highest BCUT2D eigenvalue weighted by Crippen LogP contribution is 2.29. The predicted molar refractivity (Wildman–Crippen MR) is 56.4 cm³/mol. The van der Waals surface area contributed by atoms with Gasteiger partial charge in [0.1, 0.15) is 0 Å². The van der Waals surface area contributed by atoms with Gasteiger partial charge in [-0.2, -0.15) is 0 Å². The first-order valence-electron chi connectivity index (χ1n) is 3.95. The molecule has 0 bridgehead atoms. The number of carbonyl (C=O) groups excluding carboxylic acids is 1. The molecule has 2 nitrogen and oxygen atoms in total. The van der Waals surface area contributed by atoms with E-state index in [-0.39, 0.29) is 0 Å². The summed E-state index contributed by atoms with van der Waals surface area (Å²) in [5.74, 6) is 0. The Hall–Kier alpha value is -1.35. The zero-order chi connectivity index (χ0) is 9.42. The first-order chi connectivity index (χ1) is 6.24. The lowest BCUT2D eigenvalue weighted by Gasteiger charge is -2.03. The second-order valence-electron chi connectivity index (χ2n) is 2.96. The van der Waals surface area contributed by atoms with Crippen LogP contribution < -0.4 is 5.73 Å². The minimum absolute atomic E-state index is 0.688. The normalized spacial score (nSPS) is 10.5. The molecule has 0 aliphatic carbocycles. The van der Waals surface area contributed by atoms with Crippen molar-refractivity contribution < 1.29 is 4.79 Å². The minimum Gasteiger partial charge on any atom is -0.398 e. The summed E-state index contributed by atoms with van der Waals surface area (Å²) in [5, 5.41) is 3.02. The minimum atomic E-state index is 0.688. The molecule has 0 aliphatic rings. The van der Waals surface area contributed by atoms with Crippen LogP contribution in [0, 0.1) is 6.92 Å². The summed E-state index contributed by atoms with van der Waals surface area (Å²) in [5.41, 5.74) is 8.06. The highest BCUT2D eigenvalue weighted by atomic mass is 32.1. The lowest BCUT2D eigenvalue weighted by Crippen LogP contribution is -1.94. The lowest BCUT2D eigenvalue weighted by atomic mass is 10.1. The van der Waals surface area contributed by atoms with Gasteiger partial charge in [-0.15, -0.1) is 11.3 Å². The summed E-state index contributed by atoms with van der Waals surface area (Å²) in [6.07, 6.45) is 0.879. The fourth-order valence-electron chi connectivity index (χ4n) is 1.40. The maximum atomic E-state index is 10.8. The number of hydrogen-bond donors (Lipinski definition) is 1. The Morgan fingerprint density at radius 3 is 3.00 bits per heavy atom. The molecule has 2 rings (SSSR count). The molecule has 0 atom stereocenters. The molecule has 3 heteroatoms. The van der Waals surface area contributed by atoms with E-state index in [0.29, 0.717) is 5.69 Å². The van der Waals surface area contributed by atoms with Gasteiger partial charge in [-0.1, -0.05) is 0 Å². The van der Waals surface area contributed by atoms with Crippen LogP contribution in [0.1, 0.15) is 15.9 Å². The smallest absolute Gasteiger partial charge is 0.151 e. The van der Waals surface area contributed by atoms with Gasteiger partial charge >= 0.3 is 0 Å². The van der Waals surface area contributed by atoms with Crippen molar-refractivity contribution in [2.24, 2.45) is 0 Å². The van der Waals surface area contributed by atoms with Gasteiger partial charge in [0.15, 0.2) is 6.29 Å². The van der Waals surface area contributed by atoms with E-state index >= 15 is 0 Å². The molecule has 1 aromatic heterocycles. The molecule has 2 N–H and O–H groups in total. The van der Waals surface area contributed by atoms with E-state index in [0.717, 1.165) is 27.5 Å². The number of thiophene rings is 1. The van der Waals surface area contributed by atoms with Crippen molar-refractivity contribution in [2.75, 3.05) is 5.73 Å². The Balaban J connectivity index is 2.95. The number of nitrogen functional groups attached to an aromatic ring is 1. The maximum Gasteiger partial charge on any atom is 0.151 e. The molecule has 0 aliphatic heterocycles. The summed E-state index contributed by atoms with van der Waals surface area (Å²) in [7, 11) is 0. The first-order valence-corrected chi connectivity index (χ1v) is 4.83. The topological polar surface area (TPSA) is 43.1 Å². The van der Waals surface area contributed by atoms with Crippen LogP contribution >= 0.6 is 11.3 Å². The van der Waals surface area contributed by atoms with Crippen molar-refractivity contribution in [3.8, 4) is 0 Å². The van der Waals surface area contributed by atoms with Crippen molar-refractivity contribution in [3.05, 3.63) is 28.6 Å². The number of aldehydes is 1. The molecule has 0 saturated carbocycles. The SMILES string of the molecule is Cc1c(N)cc2ccsc2c1C=O. The zero-order valence-corrected chi connectivity index (χ0v) is 8.02. The van der Waals surface area contributed by atoms with E-state index in [1.807, 2.05) is 24.4 Å². The number of fused-ring (bicyclic) bond motifs is 1. The Morgan fingerprint density at radius 2 is 2.31 bits per heavy atom. The third kappa shape index (κ3) is 1.12. The molecule has 0 unspecified atom stereocenters. The molecule has 66 valence electrons. The standard InChI is InChI=1S/C10H9NOS/c1-6-8(5-12)10-7(2-3-13-10)4-9(6)11/h2-5H,11H2,1H3. The first kappa shape index (κ1) is 8.26. The van der Waals surface area contributed by atoms with Gasteiger partial charge in [0.2, 0.25) is 0 Å². The second-order valence-corrected chi connectivity index (χ2v) is 3.88. The Morgan fingerprint density at radius 1 is 1.54 bits per heavy atom. The van der Waals surface area contributed by atoms with Crippen LogP contribution in [0.5, 0.6) is 0 Å². The van der Waals surface area contributed by atoms with Crippen LogP contribution in [0.4, 0.5) is 5.69 Å². The van der Waals surface area contributed by atoms with Gasteiger partial charge in [-0.05, 0) is 35.4 Å². The van der Waals surface area contributed by atoms with Gasteiger partial charge in [-0.25, -0.2) is 0 Å². The summed E-state index contributed by atoms with van der Waals surface area (Å²) < 4.78 is 1.03. The lowest BCUT2D eigenvalue weighted by molar-refractivity contribution is 0.112. The maximum absolute atomic E-state index is 10.8. The second kappa shape index (κ2) is 2.85. The Labute approximate surface area is 80.0 Å². The molecule has 0 amide bonds. The molecular formula is C10H9NOS. The van der Waals surface area contributed by atoms with Crippen LogP contribution in [0.15, 0.2) is 17.5 Å². The third-order valence-corrected chi connectivity index (χ3v) is 3.17. The van der Waals surface area contributed by atoms with Gasteiger partial charge in [0.25, 0.3) is 0 Å². The van der Waals surface area contributed by atoms with Gasteiger partial charge in [0, 0.05) is 16.0 Å². The van der Waals surface area contributed by atoms with Crippen LogP contribution in [-0.2, 0) is 0 Å². The van der Waals surface area contributed by atoms with Crippen molar-refractivity contribution in [2.45, 2.75) is 6.92 Å². The number of carbonyl (C=O) groups is 1. The van der Waals surface area contributed by atoms with Crippen LogP contribution in [-0.4, -0.2) is 6.29 Å². The summed E-state index contributed by atoms with van der Waals surface area (Å²) in [6.45, 7) is 1.87. The highest BCUT2D eigenvalue weighted by molar-refractivity contribution is 7.17. The predicted octanol–water partition coefficient (Wildman–Crippen LogP) is 2.60. The molecule has 0 spiro atoms. The molecule has 1 aromatic carbocycles. The molecule has 0 fully saturated rings. The average Bonchev–Trinajstić information content (AvgIpc) is 2.54. The molecule has 0 saturated heterocycles. The average molecular weight is 191 g/mol. The van der Waals surface area contributed by atoms with Crippen molar-refractivity contribution in [1.82, 2.24) is 0 Å². The summed E-state index contributed by atoms with van der Waals surface area (Å²) >= 11 is 1.57. The third-order valence-electron chi connectivity index (χ3n) is 2.21. The molecular weight excluding hydrogens is 182 g/mol. The molecule has 2 aromatic rings. The quantitative estimate of drug-likeness (QED) is 0.556. The van der Waals surface area contributed by atoms with Crippen molar-refractivity contribution in [1.29, 1.82) is 0 Å². The number of hydrogen-bond acceptors (Lipinski definition) is 3.